The smallest absolute Gasteiger partial charge is 0.326 e. The van der Waals surface area contributed by atoms with Crippen LogP contribution in [0.5, 0.6) is 5.75 Å². The summed E-state index contributed by atoms with van der Waals surface area (Å²) in [4.78, 5) is 32.9. The average Bonchev–Trinajstić information content (AvgIpc) is 2.87. The van der Waals surface area contributed by atoms with Crippen LogP contribution in [-0.4, -0.2) is 39.6 Å². The summed E-state index contributed by atoms with van der Waals surface area (Å²) in [5.74, 6) is -1.14. The van der Waals surface area contributed by atoms with E-state index in [1.54, 1.807) is 24.3 Å². The summed E-state index contributed by atoms with van der Waals surface area (Å²) >= 11 is 12.0. The van der Waals surface area contributed by atoms with Crippen molar-refractivity contribution in [1.82, 2.24) is 15.3 Å². The molecule has 0 spiro atoms. The van der Waals surface area contributed by atoms with E-state index in [0.717, 1.165) is 36.9 Å². The molecule has 1 aromatic carbocycles. The first-order valence-electron chi connectivity index (χ1n) is 11.9. The number of nitrogens with zero attached hydrogens (tertiary/aromatic N) is 2. The molecule has 1 aliphatic rings. The Balaban J connectivity index is 1.27. The molecule has 1 atom stereocenters. The lowest BCUT2D eigenvalue weighted by Crippen LogP contribution is -2.42. The molecule has 0 saturated carbocycles. The maximum atomic E-state index is 12.6. The fraction of sp³-hybridized carbons (Fsp3) is 0.333. The number of nitrogens with one attached hydrogen (secondary N) is 1. The summed E-state index contributed by atoms with van der Waals surface area (Å²) in [6.07, 6.45) is 9.03. The maximum Gasteiger partial charge on any atom is 0.326 e. The molecule has 1 amide bonds. The van der Waals surface area contributed by atoms with E-state index in [1.807, 2.05) is 0 Å². The van der Waals surface area contributed by atoms with E-state index in [9.17, 15) is 14.7 Å². The summed E-state index contributed by atoms with van der Waals surface area (Å²) in [5.41, 5.74) is 4.47. The van der Waals surface area contributed by atoms with Gasteiger partial charge >= 0.3 is 5.97 Å². The van der Waals surface area contributed by atoms with E-state index in [0.29, 0.717) is 12.4 Å². The molecule has 36 heavy (non-hydrogen) atoms. The third-order valence-corrected chi connectivity index (χ3v) is 6.70. The van der Waals surface area contributed by atoms with Gasteiger partial charge in [-0.25, -0.2) is 4.79 Å². The molecule has 2 N–H and O–H groups in total. The van der Waals surface area contributed by atoms with Gasteiger partial charge in [0.1, 0.15) is 11.8 Å². The molecule has 3 aromatic rings. The number of pyridine rings is 2. The standard InChI is InChI=1S/C27H27Cl2N3O4/c28-21-15-30-16-22(29)25(21)26(33)32-24(27(34)35)14-17-7-11-20(12-8-17)36-13-3-5-19-10-9-18-4-1-2-6-23(18)31-19/h7-12,15-16,24H,1-6,13-14H2,(H,32,33)(H,34,35). The highest BCUT2D eigenvalue weighted by Crippen LogP contribution is 2.23. The van der Waals surface area contributed by atoms with Crippen LogP contribution in [0.15, 0.2) is 48.8 Å². The SMILES string of the molecule is O=C(NC(Cc1ccc(OCCCc2ccc3c(n2)CCCC3)cc1)C(=O)O)c1c(Cl)cncc1Cl. The van der Waals surface area contributed by atoms with Crippen LogP contribution in [0.1, 0.15) is 52.1 Å². The molecule has 2 heterocycles. The van der Waals surface area contributed by atoms with Crippen molar-refractivity contribution < 1.29 is 19.4 Å². The Bertz CT molecular complexity index is 1210. The van der Waals surface area contributed by atoms with Crippen LogP contribution < -0.4 is 10.1 Å². The Morgan fingerprint density at radius 3 is 2.47 bits per heavy atom. The van der Waals surface area contributed by atoms with Gasteiger partial charge in [-0.1, -0.05) is 41.4 Å². The predicted molar refractivity (Wildman–Crippen MR) is 138 cm³/mol. The Kier molecular flexibility index (Phi) is 8.78. The third-order valence-electron chi connectivity index (χ3n) is 6.13. The summed E-state index contributed by atoms with van der Waals surface area (Å²) in [5, 5.41) is 12.2. The van der Waals surface area contributed by atoms with Gasteiger partial charge in [0.2, 0.25) is 0 Å². The van der Waals surface area contributed by atoms with Gasteiger partial charge < -0.3 is 15.2 Å². The highest BCUT2D eigenvalue weighted by molar-refractivity contribution is 6.39. The number of ether oxygens (including phenoxy) is 1. The van der Waals surface area contributed by atoms with Crippen molar-refractivity contribution in [3.05, 3.63) is 86.9 Å². The number of benzene rings is 1. The number of carbonyl (C=O) groups is 2. The van der Waals surface area contributed by atoms with Crippen molar-refractivity contribution in [3.63, 3.8) is 0 Å². The molecule has 4 rings (SSSR count). The van der Waals surface area contributed by atoms with Gasteiger partial charge in [-0.2, -0.15) is 0 Å². The number of carbonyl (C=O) groups excluding carboxylic acids is 1. The number of amides is 1. The van der Waals surface area contributed by atoms with Crippen LogP contribution in [0.2, 0.25) is 10.0 Å². The largest absolute Gasteiger partial charge is 0.494 e. The first-order valence-corrected chi connectivity index (χ1v) is 12.7. The summed E-state index contributed by atoms with van der Waals surface area (Å²) in [7, 11) is 0. The van der Waals surface area contributed by atoms with E-state index in [4.69, 9.17) is 32.9 Å². The molecule has 0 saturated heterocycles. The highest BCUT2D eigenvalue weighted by atomic mass is 35.5. The van der Waals surface area contributed by atoms with Crippen molar-refractivity contribution in [2.45, 2.75) is 51.0 Å². The number of aryl methyl sites for hydroxylation is 3. The molecule has 9 heteroatoms. The number of aliphatic carboxylic acids is 1. The second kappa shape index (κ2) is 12.2. The Morgan fingerprint density at radius 2 is 1.75 bits per heavy atom. The minimum absolute atomic E-state index is 0.00563. The van der Waals surface area contributed by atoms with Crippen molar-refractivity contribution in [2.24, 2.45) is 0 Å². The van der Waals surface area contributed by atoms with Gasteiger partial charge in [-0.3, -0.25) is 14.8 Å². The molecule has 7 nitrogen and oxygen atoms in total. The number of carboxylic acid groups (broad SMARTS) is 1. The monoisotopic (exact) mass is 527 g/mol. The minimum atomic E-state index is -1.17. The van der Waals surface area contributed by atoms with Crippen molar-refractivity contribution >= 4 is 35.1 Å². The third kappa shape index (κ3) is 6.74. The van der Waals surface area contributed by atoms with Crippen LogP contribution in [0, 0.1) is 0 Å². The molecule has 1 aliphatic carbocycles. The van der Waals surface area contributed by atoms with Gasteiger partial charge in [0, 0.05) is 30.2 Å². The summed E-state index contributed by atoms with van der Waals surface area (Å²) < 4.78 is 5.85. The number of halogens is 2. The molecular weight excluding hydrogens is 501 g/mol. The number of carboxylic acids is 1. The zero-order valence-electron chi connectivity index (χ0n) is 19.7. The lowest BCUT2D eigenvalue weighted by Gasteiger charge is -2.16. The lowest BCUT2D eigenvalue weighted by atomic mass is 9.95. The van der Waals surface area contributed by atoms with E-state index in [-0.39, 0.29) is 22.0 Å². The van der Waals surface area contributed by atoms with Crippen LogP contribution in [0.3, 0.4) is 0 Å². The van der Waals surface area contributed by atoms with Crippen LogP contribution >= 0.6 is 23.2 Å². The van der Waals surface area contributed by atoms with Crippen LogP contribution in [0.25, 0.3) is 0 Å². The average molecular weight is 528 g/mol. The van der Waals surface area contributed by atoms with Gasteiger partial charge in [0.05, 0.1) is 22.2 Å². The Hall–Kier alpha value is -3.16. The summed E-state index contributed by atoms with van der Waals surface area (Å²) in [6, 6.07) is 10.3. The molecular formula is C27H27Cl2N3O4. The van der Waals surface area contributed by atoms with E-state index in [1.165, 1.54) is 36.5 Å². The number of rotatable bonds is 10. The predicted octanol–water partition coefficient (Wildman–Crippen LogP) is 5.10. The van der Waals surface area contributed by atoms with Crippen LogP contribution in [-0.2, 0) is 30.5 Å². The molecule has 2 aromatic heterocycles. The van der Waals surface area contributed by atoms with Crippen molar-refractivity contribution in [3.8, 4) is 5.75 Å². The van der Waals surface area contributed by atoms with Gasteiger partial charge in [0.15, 0.2) is 0 Å². The number of fused-ring (bicyclic) bond motifs is 1. The zero-order valence-corrected chi connectivity index (χ0v) is 21.2. The second-order valence-electron chi connectivity index (χ2n) is 8.76. The van der Waals surface area contributed by atoms with Gasteiger partial charge in [-0.05, 0) is 67.9 Å². The number of hydrogen-bond acceptors (Lipinski definition) is 5. The first-order chi connectivity index (χ1) is 17.4. The fourth-order valence-corrected chi connectivity index (χ4v) is 4.76. The van der Waals surface area contributed by atoms with E-state index < -0.39 is 17.9 Å². The van der Waals surface area contributed by atoms with Gasteiger partial charge in [0.25, 0.3) is 5.91 Å². The zero-order chi connectivity index (χ0) is 25.5. The highest BCUT2D eigenvalue weighted by Gasteiger charge is 2.24. The molecule has 188 valence electrons. The van der Waals surface area contributed by atoms with E-state index in [2.05, 4.69) is 22.4 Å². The Labute approximate surface area is 219 Å². The molecule has 0 bridgehead atoms. The second-order valence-corrected chi connectivity index (χ2v) is 9.57. The lowest BCUT2D eigenvalue weighted by molar-refractivity contribution is -0.139. The Morgan fingerprint density at radius 1 is 1.03 bits per heavy atom. The normalized spacial score (nSPS) is 13.5. The van der Waals surface area contributed by atoms with Crippen molar-refractivity contribution in [2.75, 3.05) is 6.61 Å². The summed E-state index contributed by atoms with van der Waals surface area (Å²) in [6.45, 7) is 0.555. The molecule has 0 aliphatic heterocycles. The van der Waals surface area contributed by atoms with Crippen LogP contribution in [0.4, 0.5) is 0 Å². The molecule has 0 radical (unpaired) electrons. The van der Waals surface area contributed by atoms with Gasteiger partial charge in [-0.15, -0.1) is 0 Å². The minimum Gasteiger partial charge on any atom is -0.494 e. The first kappa shape index (κ1) is 25.9. The fourth-order valence-electron chi connectivity index (χ4n) is 4.23. The van der Waals surface area contributed by atoms with E-state index >= 15 is 0 Å². The molecule has 0 fully saturated rings. The topological polar surface area (TPSA) is 101 Å². The van der Waals surface area contributed by atoms with Crippen molar-refractivity contribution in [1.29, 1.82) is 0 Å². The number of hydrogen-bond donors (Lipinski definition) is 2. The molecule has 1 unspecified atom stereocenters. The number of aromatic nitrogens is 2. The quantitative estimate of drug-likeness (QED) is 0.355. The maximum absolute atomic E-state index is 12.6.